The molecule has 4 heteroatoms. The Bertz CT molecular complexity index is 352. The lowest BCUT2D eigenvalue weighted by Gasteiger charge is -2.09. The maximum atomic E-state index is 11.1. The van der Waals surface area contributed by atoms with Crippen LogP contribution in [0.1, 0.15) is 12.5 Å². The third-order valence-electron chi connectivity index (χ3n) is 2.08. The van der Waals surface area contributed by atoms with Crippen molar-refractivity contribution in [1.82, 2.24) is 0 Å². The molecule has 0 aliphatic carbocycles. The molecule has 1 atom stereocenters. The van der Waals surface area contributed by atoms with Crippen LogP contribution in [-0.4, -0.2) is 25.1 Å². The predicted molar refractivity (Wildman–Crippen MR) is 63.0 cm³/mol. The van der Waals surface area contributed by atoms with Gasteiger partial charge in [0.2, 0.25) is 0 Å². The first-order valence-corrected chi connectivity index (χ1v) is 5.54. The molecule has 16 heavy (non-hydrogen) atoms. The average Bonchev–Trinajstić information content (AvgIpc) is 2.29. The molecule has 1 rings (SSSR count). The highest BCUT2D eigenvalue weighted by atomic mass is 35.5. The summed E-state index contributed by atoms with van der Waals surface area (Å²) in [5.74, 6) is 0.372. The molecule has 0 amide bonds. The molecule has 3 nitrogen and oxygen atoms in total. The van der Waals surface area contributed by atoms with Crippen LogP contribution < -0.4 is 4.74 Å². The Morgan fingerprint density at radius 3 is 2.88 bits per heavy atom. The van der Waals surface area contributed by atoms with Crippen LogP contribution in [-0.2, 0) is 16.0 Å². The van der Waals surface area contributed by atoms with Crippen molar-refractivity contribution in [2.75, 3.05) is 13.7 Å². The first kappa shape index (κ1) is 12.8. The molecular formula is C12H15ClO3. The second-order valence-electron chi connectivity index (χ2n) is 3.28. The van der Waals surface area contributed by atoms with Gasteiger partial charge in [-0.1, -0.05) is 12.1 Å². The SMILES string of the molecule is CCOc1cccc(CC(Cl)C(=O)OC)c1. The van der Waals surface area contributed by atoms with E-state index in [9.17, 15) is 4.79 Å². The monoisotopic (exact) mass is 242 g/mol. The minimum absolute atomic E-state index is 0.413. The molecule has 0 spiro atoms. The third kappa shape index (κ3) is 3.74. The molecule has 88 valence electrons. The first-order chi connectivity index (χ1) is 7.67. The summed E-state index contributed by atoms with van der Waals surface area (Å²) in [6.07, 6.45) is 0.440. The van der Waals surface area contributed by atoms with Gasteiger partial charge >= 0.3 is 5.97 Å². The second kappa shape index (κ2) is 6.38. The van der Waals surface area contributed by atoms with Gasteiger partial charge in [0.15, 0.2) is 0 Å². The maximum Gasteiger partial charge on any atom is 0.324 e. The molecule has 0 radical (unpaired) electrons. The van der Waals surface area contributed by atoms with Gasteiger partial charge in [0, 0.05) is 0 Å². The van der Waals surface area contributed by atoms with Gasteiger partial charge in [0.05, 0.1) is 13.7 Å². The zero-order valence-electron chi connectivity index (χ0n) is 9.40. The molecule has 0 heterocycles. The molecule has 0 fully saturated rings. The second-order valence-corrected chi connectivity index (χ2v) is 3.80. The minimum Gasteiger partial charge on any atom is -0.494 e. The van der Waals surface area contributed by atoms with Crippen LogP contribution in [0.4, 0.5) is 0 Å². The smallest absolute Gasteiger partial charge is 0.324 e. The predicted octanol–water partition coefficient (Wildman–Crippen LogP) is 2.41. The summed E-state index contributed by atoms with van der Waals surface area (Å²) < 4.78 is 9.92. The Morgan fingerprint density at radius 1 is 1.50 bits per heavy atom. The van der Waals surface area contributed by atoms with Crippen molar-refractivity contribution >= 4 is 17.6 Å². The van der Waals surface area contributed by atoms with E-state index in [-0.39, 0.29) is 0 Å². The Kier molecular flexibility index (Phi) is 5.12. The molecule has 0 saturated carbocycles. The van der Waals surface area contributed by atoms with Gasteiger partial charge in [-0.2, -0.15) is 0 Å². The van der Waals surface area contributed by atoms with Gasteiger partial charge in [-0.15, -0.1) is 11.6 Å². The fourth-order valence-electron chi connectivity index (χ4n) is 1.35. The molecule has 0 aromatic heterocycles. The molecule has 1 unspecified atom stereocenters. The Hall–Kier alpha value is -1.22. The van der Waals surface area contributed by atoms with Crippen LogP contribution in [0.15, 0.2) is 24.3 Å². The van der Waals surface area contributed by atoms with E-state index in [2.05, 4.69) is 4.74 Å². The summed E-state index contributed by atoms with van der Waals surface area (Å²) in [4.78, 5) is 11.1. The van der Waals surface area contributed by atoms with Gasteiger partial charge < -0.3 is 9.47 Å². The van der Waals surface area contributed by atoms with E-state index in [0.717, 1.165) is 11.3 Å². The number of methoxy groups -OCH3 is 1. The van der Waals surface area contributed by atoms with E-state index in [1.807, 2.05) is 31.2 Å². The van der Waals surface area contributed by atoms with Crippen LogP contribution in [0, 0.1) is 0 Å². The molecular weight excluding hydrogens is 228 g/mol. The standard InChI is InChI=1S/C12H15ClO3/c1-3-16-10-6-4-5-9(7-10)8-11(13)12(14)15-2/h4-7,11H,3,8H2,1-2H3. The molecule has 0 saturated heterocycles. The van der Waals surface area contributed by atoms with Crippen LogP contribution in [0.5, 0.6) is 5.75 Å². The summed E-state index contributed by atoms with van der Waals surface area (Å²) in [7, 11) is 1.33. The fraction of sp³-hybridized carbons (Fsp3) is 0.417. The topological polar surface area (TPSA) is 35.5 Å². The number of alkyl halides is 1. The molecule has 1 aromatic carbocycles. The van der Waals surface area contributed by atoms with Gasteiger partial charge in [0.1, 0.15) is 11.1 Å². The van der Waals surface area contributed by atoms with E-state index in [1.54, 1.807) is 0 Å². The normalized spacial score (nSPS) is 11.9. The number of halogens is 1. The largest absolute Gasteiger partial charge is 0.494 e. The number of hydrogen-bond donors (Lipinski definition) is 0. The van der Waals surface area contributed by atoms with E-state index in [0.29, 0.717) is 13.0 Å². The van der Waals surface area contributed by atoms with E-state index in [1.165, 1.54) is 7.11 Å². The van der Waals surface area contributed by atoms with Crippen molar-refractivity contribution in [3.05, 3.63) is 29.8 Å². The highest BCUT2D eigenvalue weighted by Gasteiger charge is 2.16. The van der Waals surface area contributed by atoms with Crippen LogP contribution in [0.25, 0.3) is 0 Å². The third-order valence-corrected chi connectivity index (χ3v) is 2.41. The van der Waals surface area contributed by atoms with Crippen molar-refractivity contribution in [1.29, 1.82) is 0 Å². The molecule has 0 aliphatic rings. The number of rotatable bonds is 5. The molecule has 0 N–H and O–H groups in total. The molecule has 0 aliphatic heterocycles. The zero-order valence-corrected chi connectivity index (χ0v) is 10.2. The van der Waals surface area contributed by atoms with Gasteiger partial charge in [-0.3, -0.25) is 4.79 Å². The van der Waals surface area contributed by atoms with Gasteiger partial charge in [0.25, 0.3) is 0 Å². The van der Waals surface area contributed by atoms with Crippen molar-refractivity contribution in [3.63, 3.8) is 0 Å². The van der Waals surface area contributed by atoms with E-state index in [4.69, 9.17) is 16.3 Å². The highest BCUT2D eigenvalue weighted by Crippen LogP contribution is 2.16. The number of benzene rings is 1. The fourth-order valence-corrected chi connectivity index (χ4v) is 1.61. The molecule has 1 aromatic rings. The van der Waals surface area contributed by atoms with Gasteiger partial charge in [-0.05, 0) is 31.0 Å². The molecule has 0 bridgehead atoms. The number of ether oxygens (including phenoxy) is 2. The summed E-state index contributed by atoms with van der Waals surface area (Å²) in [6.45, 7) is 2.54. The quantitative estimate of drug-likeness (QED) is 0.588. The average molecular weight is 243 g/mol. The zero-order chi connectivity index (χ0) is 12.0. The number of carbonyl (C=O) groups excluding carboxylic acids is 1. The summed E-state index contributed by atoms with van der Waals surface area (Å²) >= 11 is 5.88. The number of hydrogen-bond acceptors (Lipinski definition) is 3. The van der Waals surface area contributed by atoms with Crippen molar-refractivity contribution in [3.8, 4) is 5.75 Å². The first-order valence-electron chi connectivity index (χ1n) is 5.11. The van der Waals surface area contributed by atoms with Crippen molar-refractivity contribution < 1.29 is 14.3 Å². The van der Waals surface area contributed by atoms with Crippen molar-refractivity contribution in [2.45, 2.75) is 18.7 Å². The highest BCUT2D eigenvalue weighted by molar-refractivity contribution is 6.30. The lowest BCUT2D eigenvalue weighted by Crippen LogP contribution is -2.18. The minimum atomic E-state index is -0.651. The van der Waals surface area contributed by atoms with Gasteiger partial charge in [-0.25, -0.2) is 0 Å². The van der Waals surface area contributed by atoms with Crippen LogP contribution >= 0.6 is 11.6 Å². The van der Waals surface area contributed by atoms with Crippen molar-refractivity contribution in [2.24, 2.45) is 0 Å². The Balaban J connectivity index is 2.66. The summed E-state index contributed by atoms with van der Waals surface area (Å²) in [5.41, 5.74) is 0.955. The summed E-state index contributed by atoms with van der Waals surface area (Å²) in [5, 5.41) is -0.651. The summed E-state index contributed by atoms with van der Waals surface area (Å²) in [6, 6.07) is 7.53. The van der Waals surface area contributed by atoms with Crippen LogP contribution in [0.3, 0.4) is 0 Å². The van der Waals surface area contributed by atoms with Crippen LogP contribution in [0.2, 0.25) is 0 Å². The van der Waals surface area contributed by atoms with E-state index >= 15 is 0 Å². The Labute approximate surface area is 100 Å². The number of esters is 1. The number of carbonyl (C=O) groups is 1. The Morgan fingerprint density at radius 2 is 2.25 bits per heavy atom. The maximum absolute atomic E-state index is 11.1. The lowest BCUT2D eigenvalue weighted by molar-refractivity contribution is -0.140. The lowest BCUT2D eigenvalue weighted by atomic mass is 10.1. The van der Waals surface area contributed by atoms with E-state index < -0.39 is 11.3 Å².